The lowest BCUT2D eigenvalue weighted by molar-refractivity contribution is 0.0592. The van der Waals surface area contributed by atoms with Crippen molar-refractivity contribution >= 4 is 110 Å². The van der Waals surface area contributed by atoms with Gasteiger partial charge in [0.15, 0.2) is 6.29 Å². The Morgan fingerprint density at radius 1 is 0.726 bits per heavy atom. The molecule has 22 heteroatoms. The molecule has 0 saturated heterocycles. The van der Waals surface area contributed by atoms with Gasteiger partial charge in [-0.25, -0.2) is 19.2 Å². The van der Waals surface area contributed by atoms with Crippen LogP contribution in [0.5, 0.6) is 11.5 Å². The van der Waals surface area contributed by atoms with Crippen molar-refractivity contribution in [1.82, 2.24) is 4.83 Å². The van der Waals surface area contributed by atoms with Crippen molar-refractivity contribution in [1.29, 1.82) is 0 Å². The molecule has 15 nitrogen and oxygen atoms in total. The molecule has 5 N–H and O–H groups in total. The summed E-state index contributed by atoms with van der Waals surface area (Å²) in [5.74, 6) is -1.19. The molecule has 62 heavy (non-hydrogen) atoms. The molecule has 326 valence electrons. The van der Waals surface area contributed by atoms with Gasteiger partial charge in [0, 0.05) is 53.4 Å². The Kier molecular flexibility index (Phi) is 20.3. The number of carbonyl (C=O) groups is 4. The molecule has 6 aromatic rings. The number of aryl methyl sites for hydroxylation is 1. The van der Waals surface area contributed by atoms with Gasteiger partial charge in [0.25, 0.3) is 10.0 Å². The molecule has 6 rings (SSSR count). The predicted octanol–water partition coefficient (Wildman–Crippen LogP) is 6.71. The van der Waals surface area contributed by atoms with Crippen LogP contribution in [0.2, 0.25) is 10.0 Å². The number of esters is 3. The number of carbonyl (C=O) groups excluding carboxylic acids is 4. The number of nitrogens with zero attached hydrogens (tertiary/aromatic N) is 1. The van der Waals surface area contributed by atoms with Gasteiger partial charge in [0.05, 0.1) is 54.0 Å². The van der Waals surface area contributed by atoms with Gasteiger partial charge in [0.2, 0.25) is 0 Å². The number of benzene rings is 3. The summed E-state index contributed by atoms with van der Waals surface area (Å²) in [4.78, 5) is 48.0. The highest BCUT2D eigenvalue weighted by Gasteiger charge is 2.16. The van der Waals surface area contributed by atoms with Crippen LogP contribution < -0.4 is 10.3 Å². The molecule has 0 aliphatic heterocycles. The Morgan fingerprint density at radius 2 is 1.23 bits per heavy atom. The first kappa shape index (κ1) is 50.8. The Balaban J connectivity index is 0.000000230. The van der Waals surface area contributed by atoms with Gasteiger partial charge in [-0.1, -0.05) is 40.9 Å². The zero-order valence-electron chi connectivity index (χ0n) is 33.0. The van der Waals surface area contributed by atoms with E-state index in [1.54, 1.807) is 58.6 Å². The summed E-state index contributed by atoms with van der Waals surface area (Å²) in [5.41, 5.74) is 3.07. The number of hydrogen-bond acceptors (Lipinski definition) is 17. The van der Waals surface area contributed by atoms with E-state index in [0.29, 0.717) is 49.2 Å². The van der Waals surface area contributed by atoms with Gasteiger partial charge >= 0.3 is 25.0 Å². The third kappa shape index (κ3) is 16.0. The summed E-state index contributed by atoms with van der Waals surface area (Å²) in [6.07, 6.45) is 2.58. The van der Waals surface area contributed by atoms with Gasteiger partial charge < -0.3 is 34.5 Å². The van der Waals surface area contributed by atoms with Crippen LogP contribution in [0.3, 0.4) is 0 Å². The number of phenols is 2. The molecule has 3 aromatic carbocycles. The normalized spacial score (nSPS) is 10.5. The number of hydrazone groups is 1. The summed E-state index contributed by atoms with van der Waals surface area (Å²) in [6, 6.07) is 20.2. The number of nitrogens with one attached hydrogen (secondary N) is 1. The molecule has 0 saturated carbocycles. The van der Waals surface area contributed by atoms with Crippen LogP contribution >= 0.6 is 57.2 Å². The predicted molar refractivity (Wildman–Crippen MR) is 240 cm³/mol. The third-order valence-electron chi connectivity index (χ3n) is 7.64. The minimum atomic E-state index is -3.70. The third-order valence-corrected chi connectivity index (χ3v) is 12.0. The second-order valence-corrected chi connectivity index (χ2v) is 17.5. The van der Waals surface area contributed by atoms with Gasteiger partial charge in [-0.15, -0.1) is 34.0 Å². The summed E-state index contributed by atoms with van der Waals surface area (Å²) in [5, 5.41) is 45.7. The van der Waals surface area contributed by atoms with Crippen LogP contribution in [0.4, 0.5) is 0 Å². The van der Waals surface area contributed by atoms with Crippen LogP contribution in [0.1, 0.15) is 61.6 Å². The maximum absolute atomic E-state index is 12.0. The van der Waals surface area contributed by atoms with Crippen LogP contribution in [0, 0.1) is 6.92 Å². The zero-order chi connectivity index (χ0) is 46.0. The fourth-order valence-electron chi connectivity index (χ4n) is 4.53. The molecule has 3 aromatic heterocycles. The first-order valence-electron chi connectivity index (χ1n) is 17.3. The maximum atomic E-state index is 12.0. The SMILES string of the molecule is COC(=O)c1csc(/C=N\NS(=O)(=O)c2ccc(C)cc2)c1.COC(=O)c1csc(C=O)c1.COC(=O)c1csc(Cc2cc(Cl)ccc2O)c1.OB(O)c1cc(Cl)ccc1O. The largest absolute Gasteiger partial charge is 0.508 e. The first-order valence-corrected chi connectivity index (χ1v) is 22.2. The van der Waals surface area contributed by atoms with Crippen LogP contribution in [0.15, 0.2) is 105 Å². The number of aromatic hydroxyl groups is 2. The topological polar surface area (TPSA) is 235 Å². The van der Waals surface area contributed by atoms with Crippen molar-refractivity contribution in [3.05, 3.63) is 147 Å². The van der Waals surface area contributed by atoms with Crippen molar-refractivity contribution < 1.29 is 62.1 Å². The first-order chi connectivity index (χ1) is 29.4. The number of methoxy groups -OCH3 is 3. The van der Waals surface area contributed by atoms with E-state index < -0.39 is 29.1 Å². The lowest BCUT2D eigenvalue weighted by atomic mass is 9.80. The highest BCUT2D eigenvalue weighted by atomic mass is 35.5. The van der Waals surface area contributed by atoms with Gasteiger partial charge in [0.1, 0.15) is 11.5 Å². The molecule has 0 unspecified atom stereocenters. The number of halogens is 2. The van der Waals surface area contributed by atoms with E-state index in [4.69, 9.17) is 38.4 Å². The van der Waals surface area contributed by atoms with E-state index in [1.807, 2.05) is 6.92 Å². The van der Waals surface area contributed by atoms with Crippen molar-refractivity contribution in [2.75, 3.05) is 21.3 Å². The standard InChI is InChI=1S/C14H14N2O4S2.C13H11ClO3S.C7H6O3S.C6H6BClO3/c1-10-3-5-13(6-4-10)22(18,19)16-15-8-12-7-11(9-21-12)14(17)20-2;1-17-13(16)9-6-11(18-7-9)5-8-4-10(14)2-3-12(8)15;1-10-7(9)5-2-6(3-8)11-4-5;8-4-1-2-6(9)5(3-4)7(10)11/h3-9,16H,1-2H3;2-4,6-7,15H,5H2,1H3;2-4H,1H3;1-3,9-11H/b15-8-;;;. The van der Waals surface area contributed by atoms with Crippen molar-refractivity contribution in [2.24, 2.45) is 5.10 Å². The van der Waals surface area contributed by atoms with Crippen molar-refractivity contribution in [2.45, 2.75) is 18.2 Å². The summed E-state index contributed by atoms with van der Waals surface area (Å²) in [6.45, 7) is 1.87. The second-order valence-electron chi connectivity index (χ2n) is 12.1. The average Bonchev–Trinajstić information content (AvgIpc) is 4.05. The molecule has 0 radical (unpaired) electrons. The Hall–Kier alpha value is -5.58. The quantitative estimate of drug-likeness (QED) is 0.0227. The van der Waals surface area contributed by atoms with E-state index in [-0.39, 0.29) is 27.8 Å². The molecule has 0 aliphatic rings. The molecule has 0 spiro atoms. The minimum absolute atomic E-state index is 0.0116. The highest BCUT2D eigenvalue weighted by molar-refractivity contribution is 7.89. The summed E-state index contributed by atoms with van der Waals surface area (Å²) in [7, 11) is -1.43. The van der Waals surface area contributed by atoms with E-state index in [9.17, 15) is 32.7 Å². The van der Waals surface area contributed by atoms with Crippen LogP contribution in [-0.2, 0) is 30.7 Å². The number of ether oxygens (including phenoxy) is 3. The van der Waals surface area contributed by atoms with E-state index >= 15 is 0 Å². The molecule has 0 fully saturated rings. The van der Waals surface area contributed by atoms with Crippen molar-refractivity contribution in [3.63, 3.8) is 0 Å². The van der Waals surface area contributed by atoms with Crippen molar-refractivity contribution in [3.8, 4) is 11.5 Å². The molecule has 0 aliphatic carbocycles. The Morgan fingerprint density at radius 3 is 1.74 bits per heavy atom. The number of phenolic OH excluding ortho intramolecular Hbond substituents is 2. The minimum Gasteiger partial charge on any atom is -0.508 e. The van der Waals surface area contributed by atoms with Gasteiger partial charge in [-0.3, -0.25) is 4.79 Å². The molecule has 0 atom stereocenters. The van der Waals surface area contributed by atoms with E-state index in [1.165, 1.54) is 98.0 Å². The molecule has 0 amide bonds. The highest BCUT2D eigenvalue weighted by Crippen LogP contribution is 2.27. The van der Waals surface area contributed by atoms with Gasteiger partial charge in [-0.2, -0.15) is 13.5 Å². The van der Waals surface area contributed by atoms with E-state index in [2.05, 4.69) is 24.1 Å². The second kappa shape index (κ2) is 24.8. The molecule has 0 bridgehead atoms. The molecular weight excluding hydrogens is 926 g/mol. The number of thiophene rings is 3. The van der Waals surface area contributed by atoms with Crippen LogP contribution in [0.25, 0.3) is 0 Å². The van der Waals surface area contributed by atoms with Gasteiger partial charge in [-0.05, 0) is 73.7 Å². The number of rotatable bonds is 11. The maximum Gasteiger partial charge on any atom is 0.492 e. The number of hydrogen-bond donors (Lipinski definition) is 5. The van der Waals surface area contributed by atoms with E-state index in [0.717, 1.165) is 16.0 Å². The molecular formula is C40H37BCl2N2O13S4. The zero-order valence-corrected chi connectivity index (χ0v) is 37.8. The fourth-order valence-corrected chi connectivity index (χ4v) is 7.98. The number of aldehydes is 1. The monoisotopic (exact) mass is 962 g/mol. The average molecular weight is 964 g/mol. The Labute approximate surface area is 378 Å². The van der Waals surface area contributed by atoms with Crippen LogP contribution in [-0.4, -0.2) is 87.5 Å². The lowest BCUT2D eigenvalue weighted by Crippen LogP contribution is -2.29. The summed E-state index contributed by atoms with van der Waals surface area (Å²) >= 11 is 15.3. The smallest absolute Gasteiger partial charge is 0.492 e. The summed E-state index contributed by atoms with van der Waals surface area (Å²) < 4.78 is 37.7. The molecule has 3 heterocycles. The lowest BCUT2D eigenvalue weighted by Gasteiger charge is -2.03. The number of sulfonamides is 1. The Bertz CT molecular complexity index is 2590. The fraction of sp³-hybridized carbons (Fsp3) is 0.125.